The van der Waals surface area contributed by atoms with E-state index in [0.717, 1.165) is 18.4 Å². The maximum absolute atomic E-state index is 11.8. The Kier molecular flexibility index (Phi) is 3.93. The van der Waals surface area contributed by atoms with Gasteiger partial charge in [0.25, 0.3) is 0 Å². The lowest BCUT2D eigenvalue weighted by atomic mass is 9.69. The van der Waals surface area contributed by atoms with E-state index in [1.165, 1.54) is 0 Å². The molecule has 114 valence electrons. The molecule has 1 saturated heterocycles. The Bertz CT molecular complexity index is 540. The number of nitrogens with zero attached hydrogens (tertiary/aromatic N) is 1. The zero-order chi connectivity index (χ0) is 15.0. The highest BCUT2D eigenvalue weighted by Crippen LogP contribution is 2.46. The van der Waals surface area contributed by atoms with Crippen LogP contribution in [0, 0.1) is 11.8 Å². The van der Waals surface area contributed by atoms with Crippen molar-refractivity contribution in [1.82, 2.24) is 5.32 Å². The van der Waals surface area contributed by atoms with Gasteiger partial charge in [0.1, 0.15) is 5.16 Å². The van der Waals surface area contributed by atoms with Crippen LogP contribution in [0.15, 0.2) is 27.9 Å². The molecule has 5 heteroatoms. The van der Waals surface area contributed by atoms with Gasteiger partial charge in [-0.15, -0.1) is 0 Å². The molecular weight excluding hydrogens is 288 g/mol. The molecule has 4 unspecified atom stereocenters. The fourth-order valence-electron chi connectivity index (χ4n) is 3.91. The number of rotatable bonds is 3. The lowest BCUT2D eigenvalue weighted by Crippen LogP contribution is -2.52. The zero-order valence-electron chi connectivity index (χ0n) is 12.4. The van der Waals surface area contributed by atoms with E-state index in [-0.39, 0.29) is 17.4 Å². The Morgan fingerprint density at radius 1 is 1.57 bits per heavy atom. The number of hydrogen-bond donors (Lipinski definition) is 1. The van der Waals surface area contributed by atoms with Crippen LogP contribution in [0.3, 0.4) is 0 Å². The first-order valence-corrected chi connectivity index (χ1v) is 7.99. The molecule has 0 aromatic rings. The number of halogens is 1. The third-order valence-corrected chi connectivity index (χ3v) is 4.85. The summed E-state index contributed by atoms with van der Waals surface area (Å²) >= 11 is 6.07. The lowest BCUT2D eigenvalue weighted by molar-refractivity contribution is -0.144. The molecule has 1 fully saturated rings. The molecule has 0 radical (unpaired) electrons. The molecule has 2 aliphatic heterocycles. The standard InChI is InChI=1S/C16H21ClN2O2/c1-3-21-15(20)7-11-5-12-4-10(2)19-16(12)9-18-14(17)8-13(16)6-11/h6,8-12,19H,3-5,7H2,1-2H3. The second-order valence-corrected chi connectivity index (χ2v) is 6.59. The quantitative estimate of drug-likeness (QED) is 0.644. The molecule has 4 atom stereocenters. The fourth-order valence-corrected chi connectivity index (χ4v) is 4.08. The van der Waals surface area contributed by atoms with Crippen molar-refractivity contribution in [3.05, 3.63) is 22.9 Å². The second-order valence-electron chi connectivity index (χ2n) is 6.20. The number of allylic oxidation sites excluding steroid dienone is 1. The summed E-state index contributed by atoms with van der Waals surface area (Å²) in [5.41, 5.74) is 0.959. The Labute approximate surface area is 130 Å². The second kappa shape index (κ2) is 5.58. The van der Waals surface area contributed by atoms with Crippen LogP contribution in [-0.2, 0) is 9.53 Å². The summed E-state index contributed by atoms with van der Waals surface area (Å²) in [5.74, 6) is 0.554. The van der Waals surface area contributed by atoms with E-state index in [9.17, 15) is 4.79 Å². The molecule has 1 spiro atoms. The van der Waals surface area contributed by atoms with Crippen LogP contribution in [0.2, 0.25) is 0 Å². The van der Waals surface area contributed by atoms with Crippen molar-refractivity contribution in [3.63, 3.8) is 0 Å². The monoisotopic (exact) mass is 308 g/mol. The molecule has 4 nitrogen and oxygen atoms in total. The van der Waals surface area contributed by atoms with E-state index < -0.39 is 0 Å². The molecular formula is C16H21ClN2O2. The smallest absolute Gasteiger partial charge is 0.306 e. The maximum Gasteiger partial charge on any atom is 0.306 e. The number of ether oxygens (including phenoxy) is 1. The van der Waals surface area contributed by atoms with Crippen LogP contribution in [0.4, 0.5) is 0 Å². The third kappa shape index (κ3) is 2.67. The van der Waals surface area contributed by atoms with Gasteiger partial charge in [0, 0.05) is 12.3 Å². The molecule has 0 bridgehead atoms. The van der Waals surface area contributed by atoms with E-state index >= 15 is 0 Å². The van der Waals surface area contributed by atoms with Gasteiger partial charge in [-0.25, -0.2) is 4.99 Å². The van der Waals surface area contributed by atoms with Gasteiger partial charge < -0.3 is 10.1 Å². The van der Waals surface area contributed by atoms with Gasteiger partial charge >= 0.3 is 5.97 Å². The molecule has 3 rings (SSSR count). The first kappa shape index (κ1) is 14.8. The number of carbonyl (C=O) groups is 1. The van der Waals surface area contributed by atoms with E-state index in [0.29, 0.717) is 30.1 Å². The predicted octanol–water partition coefficient (Wildman–Crippen LogP) is 2.79. The van der Waals surface area contributed by atoms with Crippen LogP contribution >= 0.6 is 11.6 Å². The van der Waals surface area contributed by atoms with E-state index in [4.69, 9.17) is 16.3 Å². The predicted molar refractivity (Wildman–Crippen MR) is 83.3 cm³/mol. The van der Waals surface area contributed by atoms with Crippen molar-refractivity contribution < 1.29 is 9.53 Å². The van der Waals surface area contributed by atoms with Crippen molar-refractivity contribution >= 4 is 23.8 Å². The highest BCUT2D eigenvalue weighted by atomic mass is 35.5. The maximum atomic E-state index is 11.8. The molecule has 21 heavy (non-hydrogen) atoms. The Morgan fingerprint density at radius 2 is 2.38 bits per heavy atom. The van der Waals surface area contributed by atoms with Gasteiger partial charge in [0.2, 0.25) is 0 Å². The first-order valence-electron chi connectivity index (χ1n) is 7.61. The summed E-state index contributed by atoms with van der Waals surface area (Å²) in [6.45, 7) is 4.47. The molecule has 0 aromatic carbocycles. The summed E-state index contributed by atoms with van der Waals surface area (Å²) in [4.78, 5) is 16.1. The number of hydrogen-bond acceptors (Lipinski definition) is 4. The van der Waals surface area contributed by atoms with Crippen molar-refractivity contribution in [2.45, 2.75) is 44.7 Å². The highest BCUT2D eigenvalue weighted by molar-refractivity contribution is 6.30. The van der Waals surface area contributed by atoms with Crippen LogP contribution in [0.5, 0.6) is 0 Å². The van der Waals surface area contributed by atoms with Crippen molar-refractivity contribution in [3.8, 4) is 0 Å². The van der Waals surface area contributed by atoms with Gasteiger partial charge in [0.15, 0.2) is 0 Å². The van der Waals surface area contributed by atoms with Crippen LogP contribution < -0.4 is 5.32 Å². The van der Waals surface area contributed by atoms with Gasteiger partial charge in [-0.1, -0.05) is 17.7 Å². The summed E-state index contributed by atoms with van der Waals surface area (Å²) in [5, 5.41) is 4.16. The highest BCUT2D eigenvalue weighted by Gasteiger charge is 2.50. The average Bonchev–Trinajstić information content (AvgIpc) is 2.72. The van der Waals surface area contributed by atoms with Crippen molar-refractivity contribution in [2.24, 2.45) is 16.8 Å². The largest absolute Gasteiger partial charge is 0.466 e. The molecule has 3 aliphatic rings. The summed E-state index contributed by atoms with van der Waals surface area (Å²) < 4.78 is 5.08. The SMILES string of the molecule is CCOC(=O)CC1C=C2C=C(Cl)N=CC23NC(C)CC3C1. The summed E-state index contributed by atoms with van der Waals surface area (Å²) in [6, 6.07) is 0.441. The Balaban J connectivity index is 1.87. The summed E-state index contributed by atoms with van der Waals surface area (Å²) in [6.07, 6.45) is 8.57. The van der Waals surface area contributed by atoms with Crippen molar-refractivity contribution in [1.29, 1.82) is 0 Å². The van der Waals surface area contributed by atoms with E-state index in [1.807, 2.05) is 19.2 Å². The fraction of sp³-hybridized carbons (Fsp3) is 0.625. The average molecular weight is 309 g/mol. The number of esters is 1. The van der Waals surface area contributed by atoms with Gasteiger partial charge in [-0.3, -0.25) is 4.79 Å². The molecule has 0 amide bonds. The van der Waals surface area contributed by atoms with Crippen LogP contribution in [0.25, 0.3) is 0 Å². The minimum absolute atomic E-state index is 0.120. The Morgan fingerprint density at radius 3 is 3.14 bits per heavy atom. The zero-order valence-corrected chi connectivity index (χ0v) is 13.2. The molecule has 1 N–H and O–H groups in total. The van der Waals surface area contributed by atoms with E-state index in [2.05, 4.69) is 23.3 Å². The molecule has 1 aliphatic carbocycles. The van der Waals surface area contributed by atoms with Crippen LogP contribution in [-0.4, -0.2) is 30.4 Å². The minimum Gasteiger partial charge on any atom is -0.466 e. The number of nitrogens with one attached hydrogen (secondary N) is 1. The van der Waals surface area contributed by atoms with Gasteiger partial charge in [-0.05, 0) is 50.2 Å². The van der Waals surface area contributed by atoms with Gasteiger partial charge in [-0.2, -0.15) is 0 Å². The number of aliphatic imine (C=N–C) groups is 1. The molecule has 2 heterocycles. The van der Waals surface area contributed by atoms with Crippen molar-refractivity contribution in [2.75, 3.05) is 6.61 Å². The minimum atomic E-state index is -0.192. The summed E-state index contributed by atoms with van der Waals surface area (Å²) in [7, 11) is 0. The van der Waals surface area contributed by atoms with Crippen LogP contribution in [0.1, 0.15) is 33.1 Å². The number of carbonyl (C=O) groups excluding carboxylic acids is 1. The topological polar surface area (TPSA) is 50.7 Å². The first-order chi connectivity index (χ1) is 10.0. The molecule has 0 saturated carbocycles. The lowest BCUT2D eigenvalue weighted by Gasteiger charge is -2.40. The third-order valence-electron chi connectivity index (χ3n) is 4.65. The van der Waals surface area contributed by atoms with Gasteiger partial charge in [0.05, 0.1) is 18.6 Å². The van der Waals surface area contributed by atoms with E-state index in [1.54, 1.807) is 0 Å². The Hall–Kier alpha value is -1.13. The molecule has 0 aromatic heterocycles. The normalized spacial score (nSPS) is 37.4.